The number of hydrogen-bond acceptors (Lipinski definition) is 8. The topological polar surface area (TPSA) is 134 Å². The van der Waals surface area contributed by atoms with Crippen LogP contribution in [-0.4, -0.2) is 49.3 Å². The van der Waals surface area contributed by atoms with Gasteiger partial charge in [-0.15, -0.1) is 0 Å². The molecule has 0 aliphatic rings. The number of carbonyl (C=O) groups is 2. The highest BCUT2D eigenvalue weighted by atomic mass is 31.2. The molecule has 0 spiro atoms. The molecule has 10 heteroatoms. The molecule has 9 nitrogen and oxygen atoms in total. The fourth-order valence-electron chi connectivity index (χ4n) is 9.05. The summed E-state index contributed by atoms with van der Waals surface area (Å²) >= 11 is 0. The summed E-state index contributed by atoms with van der Waals surface area (Å²) < 4.78 is 33.1. The summed E-state index contributed by atoms with van der Waals surface area (Å²) in [7, 11) is -4.39. The Morgan fingerprint density at radius 3 is 1.06 bits per heavy atom. The predicted molar refractivity (Wildman–Crippen MR) is 330 cm³/mol. The summed E-state index contributed by atoms with van der Waals surface area (Å²) in [5.41, 5.74) is 5.39. The number of rotatable bonds is 60. The number of hydrogen-bond donors (Lipinski definition) is 2. The van der Waals surface area contributed by atoms with Crippen LogP contribution in [0.5, 0.6) is 0 Å². The largest absolute Gasteiger partial charge is 0.472 e. The Labute approximate surface area is 474 Å². The van der Waals surface area contributed by atoms with Crippen molar-refractivity contribution in [2.24, 2.45) is 5.73 Å². The zero-order chi connectivity index (χ0) is 55.9. The Morgan fingerprint density at radius 1 is 0.403 bits per heavy atom. The van der Waals surface area contributed by atoms with Crippen molar-refractivity contribution >= 4 is 19.8 Å². The second-order valence-electron chi connectivity index (χ2n) is 21.2. The molecule has 0 aliphatic heterocycles. The minimum absolute atomic E-state index is 0.0506. The normalized spacial score (nSPS) is 13.6. The lowest BCUT2D eigenvalue weighted by Gasteiger charge is -2.19. The summed E-state index contributed by atoms with van der Waals surface area (Å²) in [5.74, 6) is -0.827. The Kier molecular flexibility index (Phi) is 60.1. The van der Waals surface area contributed by atoms with Crippen LogP contribution in [0.2, 0.25) is 0 Å². The molecule has 0 radical (unpaired) electrons. The van der Waals surface area contributed by atoms with Gasteiger partial charge in [0, 0.05) is 19.4 Å². The van der Waals surface area contributed by atoms with E-state index >= 15 is 0 Å². The molecule has 0 fully saturated rings. The molecule has 2 atom stereocenters. The molecule has 0 aromatic heterocycles. The first-order chi connectivity index (χ1) is 37.8. The van der Waals surface area contributed by atoms with Crippen molar-refractivity contribution in [2.75, 3.05) is 26.4 Å². The van der Waals surface area contributed by atoms with Gasteiger partial charge >= 0.3 is 19.8 Å². The lowest BCUT2D eigenvalue weighted by molar-refractivity contribution is -0.161. The first kappa shape index (κ1) is 74.2. The van der Waals surface area contributed by atoms with E-state index in [4.69, 9.17) is 24.3 Å². The Bertz CT molecular complexity index is 1530. The Balaban J connectivity index is 3.90. The van der Waals surface area contributed by atoms with Gasteiger partial charge in [-0.25, -0.2) is 4.57 Å². The highest BCUT2D eigenvalue weighted by molar-refractivity contribution is 7.47. The van der Waals surface area contributed by atoms with E-state index in [2.05, 4.69) is 98.9 Å². The maximum Gasteiger partial charge on any atom is 0.472 e. The van der Waals surface area contributed by atoms with Gasteiger partial charge in [0.25, 0.3) is 0 Å². The van der Waals surface area contributed by atoms with Crippen LogP contribution in [0, 0.1) is 0 Å². The molecule has 0 bridgehead atoms. The maximum atomic E-state index is 12.7. The van der Waals surface area contributed by atoms with Crippen molar-refractivity contribution in [2.45, 2.75) is 302 Å². The standard InChI is InChI=1S/C67H120NO8P/c1-3-5-7-9-11-13-15-17-19-21-23-25-27-28-29-30-31-32-33-34-35-36-38-40-42-44-46-48-50-52-54-56-58-60-67(70)76-65(64-75-77(71,72)74-62-61-68)63-73-66(69)59-57-55-53-51-49-47-45-43-41-39-37-26-24-22-20-18-16-14-12-10-8-6-4-2/h5,7,11,13,16-19,22-25,37,39,65H,3-4,6,8-10,12,14-15,20-21,26-36,38,40-64,68H2,1-2H3,(H,71,72)/b7-5-,13-11-,18-16-,19-17-,24-22-,25-23-,39-37-. The molecule has 0 aliphatic carbocycles. The second-order valence-corrected chi connectivity index (χ2v) is 22.7. The van der Waals surface area contributed by atoms with Crippen molar-refractivity contribution in [1.82, 2.24) is 0 Å². The molecule has 0 rings (SSSR count). The summed E-state index contributed by atoms with van der Waals surface area (Å²) in [4.78, 5) is 35.3. The summed E-state index contributed by atoms with van der Waals surface area (Å²) in [6, 6.07) is 0. The summed E-state index contributed by atoms with van der Waals surface area (Å²) in [5, 5.41) is 0. The fraction of sp³-hybridized carbons (Fsp3) is 0.761. The van der Waals surface area contributed by atoms with Crippen LogP contribution in [0.1, 0.15) is 296 Å². The molecule has 77 heavy (non-hydrogen) atoms. The van der Waals surface area contributed by atoms with Crippen molar-refractivity contribution < 1.29 is 37.6 Å². The van der Waals surface area contributed by atoms with Gasteiger partial charge in [-0.05, 0) is 89.9 Å². The predicted octanol–water partition coefficient (Wildman–Crippen LogP) is 20.6. The third-order valence-electron chi connectivity index (χ3n) is 13.8. The average Bonchev–Trinajstić information content (AvgIpc) is 3.42. The molecule has 3 N–H and O–H groups in total. The monoisotopic (exact) mass is 1100 g/mol. The van der Waals surface area contributed by atoms with Crippen LogP contribution in [0.25, 0.3) is 0 Å². The van der Waals surface area contributed by atoms with E-state index < -0.39 is 26.5 Å². The van der Waals surface area contributed by atoms with Crippen LogP contribution in [-0.2, 0) is 32.7 Å². The van der Waals surface area contributed by atoms with Crippen LogP contribution in [0.15, 0.2) is 85.1 Å². The smallest absolute Gasteiger partial charge is 0.462 e. The van der Waals surface area contributed by atoms with Crippen molar-refractivity contribution in [3.8, 4) is 0 Å². The van der Waals surface area contributed by atoms with Crippen LogP contribution < -0.4 is 5.73 Å². The fourth-order valence-corrected chi connectivity index (χ4v) is 9.81. The van der Waals surface area contributed by atoms with Gasteiger partial charge in [-0.2, -0.15) is 0 Å². The number of nitrogens with two attached hydrogens (primary N) is 1. The third kappa shape index (κ3) is 62.3. The van der Waals surface area contributed by atoms with E-state index in [0.717, 1.165) is 89.9 Å². The number of phosphoric acid groups is 1. The molecule has 0 saturated carbocycles. The number of phosphoric ester groups is 1. The van der Waals surface area contributed by atoms with Gasteiger partial charge in [0.1, 0.15) is 6.61 Å². The van der Waals surface area contributed by atoms with Gasteiger partial charge in [-0.1, -0.05) is 279 Å². The van der Waals surface area contributed by atoms with E-state index in [-0.39, 0.29) is 38.6 Å². The minimum atomic E-state index is -4.39. The van der Waals surface area contributed by atoms with Crippen LogP contribution >= 0.6 is 7.82 Å². The lowest BCUT2D eigenvalue weighted by Crippen LogP contribution is -2.29. The number of ether oxygens (including phenoxy) is 2. The van der Waals surface area contributed by atoms with Gasteiger partial charge in [0.15, 0.2) is 6.10 Å². The zero-order valence-corrected chi connectivity index (χ0v) is 50.8. The number of allylic oxidation sites excluding steroid dienone is 14. The van der Waals surface area contributed by atoms with Crippen LogP contribution in [0.3, 0.4) is 0 Å². The molecule has 0 aromatic carbocycles. The highest BCUT2D eigenvalue weighted by Gasteiger charge is 2.26. The molecule has 0 saturated heterocycles. The molecule has 0 amide bonds. The Hall–Kier alpha value is -2.81. The highest BCUT2D eigenvalue weighted by Crippen LogP contribution is 2.43. The summed E-state index contributed by atoms with van der Waals surface area (Å²) in [6.07, 6.45) is 82.3. The second kappa shape index (κ2) is 62.4. The Morgan fingerprint density at radius 2 is 0.714 bits per heavy atom. The van der Waals surface area contributed by atoms with E-state index in [9.17, 15) is 19.0 Å². The molecular weight excluding hydrogens is 978 g/mol. The average molecular weight is 1100 g/mol. The lowest BCUT2D eigenvalue weighted by atomic mass is 10.0. The number of carbonyl (C=O) groups excluding carboxylic acids is 2. The first-order valence-corrected chi connectivity index (χ1v) is 33.6. The summed E-state index contributed by atoms with van der Waals surface area (Å²) in [6.45, 7) is 3.64. The molecule has 0 aromatic rings. The number of esters is 2. The van der Waals surface area contributed by atoms with E-state index in [1.165, 1.54) is 173 Å². The molecule has 0 heterocycles. The first-order valence-electron chi connectivity index (χ1n) is 32.1. The van der Waals surface area contributed by atoms with Crippen molar-refractivity contribution in [3.63, 3.8) is 0 Å². The molecule has 446 valence electrons. The van der Waals surface area contributed by atoms with E-state index in [1.807, 2.05) is 0 Å². The minimum Gasteiger partial charge on any atom is -0.462 e. The van der Waals surface area contributed by atoms with E-state index in [0.29, 0.717) is 6.42 Å². The quantitative estimate of drug-likeness (QED) is 0.0264. The number of unbranched alkanes of at least 4 members (excludes halogenated alkanes) is 33. The van der Waals surface area contributed by atoms with Crippen molar-refractivity contribution in [1.29, 1.82) is 0 Å². The molecule has 2 unspecified atom stereocenters. The molecular formula is C67H120NO8P. The van der Waals surface area contributed by atoms with Crippen LogP contribution in [0.4, 0.5) is 0 Å². The van der Waals surface area contributed by atoms with E-state index in [1.54, 1.807) is 0 Å². The SMILES string of the molecule is CC/C=C\C/C=C\C/C=C\C/C=C\CCCCCCCCCCCCCCCCCCCCCCC(=O)OC(COC(=O)CCCCCCCCCC/C=C\C/C=C\C/C=C\CCCCCCC)COP(=O)(O)OCCN. The third-order valence-corrected chi connectivity index (χ3v) is 14.7. The zero-order valence-electron chi connectivity index (χ0n) is 49.9. The van der Waals surface area contributed by atoms with Gasteiger partial charge in [-0.3, -0.25) is 18.6 Å². The maximum absolute atomic E-state index is 12.7. The van der Waals surface area contributed by atoms with Crippen molar-refractivity contribution in [3.05, 3.63) is 85.1 Å². The van der Waals surface area contributed by atoms with Gasteiger partial charge in [0.05, 0.1) is 13.2 Å². The van der Waals surface area contributed by atoms with Gasteiger partial charge in [0.2, 0.25) is 0 Å². The van der Waals surface area contributed by atoms with Gasteiger partial charge < -0.3 is 20.1 Å².